The average molecular weight is 332 g/mol. The molecule has 0 saturated carbocycles. The number of esters is 1. The van der Waals surface area contributed by atoms with Crippen molar-refractivity contribution < 1.29 is 14.6 Å². The highest BCUT2D eigenvalue weighted by Crippen LogP contribution is 2.07. The molecule has 138 valence electrons. The molecule has 0 heterocycles. The number of hydrogen-bond acceptors (Lipinski definition) is 6. The van der Waals surface area contributed by atoms with E-state index in [1.165, 1.54) is 12.8 Å². The fraction of sp³-hybridized carbons (Fsp3) is 0.941. The molecule has 0 saturated heterocycles. The molecule has 6 nitrogen and oxygen atoms in total. The number of carbonyl (C=O) groups excluding carboxylic acids is 1. The first-order valence-corrected chi connectivity index (χ1v) is 8.90. The third-order valence-electron chi connectivity index (χ3n) is 3.14. The van der Waals surface area contributed by atoms with Crippen LogP contribution in [0, 0.1) is 0 Å². The van der Waals surface area contributed by atoms with Gasteiger partial charge in [0, 0.05) is 39.3 Å². The second-order valence-electron chi connectivity index (χ2n) is 6.72. The minimum Gasteiger partial charge on any atom is -0.460 e. The van der Waals surface area contributed by atoms with Crippen molar-refractivity contribution in [1.82, 2.24) is 16.0 Å². The normalized spacial score (nSPS) is 11.7. The zero-order chi connectivity index (χ0) is 17.4. The maximum absolute atomic E-state index is 11.5. The van der Waals surface area contributed by atoms with Gasteiger partial charge < -0.3 is 25.8 Å². The van der Waals surface area contributed by atoms with Gasteiger partial charge in [0.2, 0.25) is 0 Å². The molecular formula is C17H37N3O3. The summed E-state index contributed by atoms with van der Waals surface area (Å²) in [5.74, 6) is -0.152. The van der Waals surface area contributed by atoms with Crippen molar-refractivity contribution in [2.75, 3.05) is 45.9 Å². The lowest BCUT2D eigenvalue weighted by Gasteiger charge is -2.19. The van der Waals surface area contributed by atoms with E-state index < -0.39 is 5.60 Å². The Balaban J connectivity index is 3.15. The maximum Gasteiger partial charge on any atom is 0.307 e. The summed E-state index contributed by atoms with van der Waals surface area (Å²) in [4.78, 5) is 11.5. The number of nitrogens with one attached hydrogen (secondary N) is 3. The number of ether oxygens (including phenoxy) is 1. The molecule has 0 aromatic heterocycles. The zero-order valence-electron chi connectivity index (χ0n) is 15.2. The molecule has 23 heavy (non-hydrogen) atoms. The molecular weight excluding hydrogens is 294 g/mol. The van der Waals surface area contributed by atoms with Crippen molar-refractivity contribution in [3.63, 3.8) is 0 Å². The topological polar surface area (TPSA) is 82.6 Å². The second kappa shape index (κ2) is 14.9. The maximum atomic E-state index is 11.5. The highest BCUT2D eigenvalue weighted by atomic mass is 16.6. The van der Waals surface area contributed by atoms with Gasteiger partial charge in [-0.1, -0.05) is 12.8 Å². The van der Waals surface area contributed by atoms with E-state index in [4.69, 9.17) is 9.84 Å². The van der Waals surface area contributed by atoms with Gasteiger partial charge >= 0.3 is 5.97 Å². The highest BCUT2D eigenvalue weighted by Gasteiger charge is 2.15. The Kier molecular flexibility index (Phi) is 14.4. The van der Waals surface area contributed by atoms with Gasteiger partial charge in [-0.2, -0.15) is 0 Å². The Morgan fingerprint density at radius 3 is 1.91 bits per heavy atom. The van der Waals surface area contributed by atoms with Crippen LogP contribution in [-0.4, -0.2) is 62.6 Å². The quantitative estimate of drug-likeness (QED) is 0.265. The minimum atomic E-state index is -0.398. The molecule has 0 fully saturated rings. The Morgan fingerprint density at radius 1 is 0.826 bits per heavy atom. The van der Waals surface area contributed by atoms with Gasteiger partial charge in [-0.15, -0.1) is 0 Å². The molecule has 0 rings (SSSR count). The number of aliphatic hydroxyl groups is 1. The molecule has 0 amide bonds. The summed E-state index contributed by atoms with van der Waals surface area (Å²) in [6.45, 7) is 11.3. The van der Waals surface area contributed by atoms with E-state index in [2.05, 4.69) is 16.0 Å². The number of rotatable bonds is 15. The summed E-state index contributed by atoms with van der Waals surface area (Å²) in [6, 6.07) is 0. The Bertz CT molecular complexity index is 281. The van der Waals surface area contributed by atoms with Crippen LogP contribution in [0.1, 0.15) is 52.9 Å². The molecule has 0 radical (unpaired) electrons. The van der Waals surface area contributed by atoms with Gasteiger partial charge in [-0.25, -0.2) is 0 Å². The van der Waals surface area contributed by atoms with Crippen molar-refractivity contribution in [2.24, 2.45) is 0 Å². The summed E-state index contributed by atoms with van der Waals surface area (Å²) >= 11 is 0. The molecule has 6 heteroatoms. The van der Waals surface area contributed by atoms with Crippen LogP contribution in [0.25, 0.3) is 0 Å². The largest absolute Gasteiger partial charge is 0.460 e. The number of carbonyl (C=O) groups is 1. The summed E-state index contributed by atoms with van der Waals surface area (Å²) in [5.41, 5.74) is -0.398. The lowest BCUT2D eigenvalue weighted by molar-refractivity contribution is -0.154. The van der Waals surface area contributed by atoms with Crippen LogP contribution >= 0.6 is 0 Å². The minimum absolute atomic E-state index is 0.152. The molecule has 0 bridgehead atoms. The molecule has 0 aromatic rings. The Hall–Kier alpha value is -0.690. The third-order valence-corrected chi connectivity index (χ3v) is 3.14. The molecule has 0 aliphatic carbocycles. The number of unbranched alkanes of at least 4 members (excludes halogenated alkanes) is 3. The molecule has 0 aromatic carbocycles. The Morgan fingerprint density at radius 2 is 1.35 bits per heavy atom. The first kappa shape index (κ1) is 22.3. The van der Waals surface area contributed by atoms with Crippen LogP contribution in [0.2, 0.25) is 0 Å². The van der Waals surface area contributed by atoms with Crippen molar-refractivity contribution in [3.05, 3.63) is 0 Å². The van der Waals surface area contributed by atoms with Crippen molar-refractivity contribution >= 4 is 5.97 Å². The molecule has 0 aliphatic heterocycles. The first-order valence-electron chi connectivity index (χ1n) is 8.90. The fourth-order valence-electron chi connectivity index (χ4n) is 2.03. The van der Waals surface area contributed by atoms with E-state index in [1.54, 1.807) is 0 Å². The smallest absolute Gasteiger partial charge is 0.307 e. The van der Waals surface area contributed by atoms with Crippen LogP contribution in [0.4, 0.5) is 0 Å². The van der Waals surface area contributed by atoms with Gasteiger partial charge in [0.15, 0.2) is 0 Å². The van der Waals surface area contributed by atoms with Crippen LogP contribution in [0.5, 0.6) is 0 Å². The second-order valence-corrected chi connectivity index (χ2v) is 6.72. The summed E-state index contributed by atoms with van der Waals surface area (Å²) < 4.78 is 5.24. The van der Waals surface area contributed by atoms with Gasteiger partial charge in [0.05, 0.1) is 6.42 Å². The lowest BCUT2D eigenvalue weighted by Crippen LogP contribution is -2.34. The molecule has 0 spiro atoms. The summed E-state index contributed by atoms with van der Waals surface area (Å²) in [6.07, 6.45) is 4.80. The van der Waals surface area contributed by atoms with Gasteiger partial charge in [-0.05, 0) is 40.2 Å². The SMILES string of the molecule is CC(C)(C)OC(=O)CCNCCNCCNCCCCCCO. The van der Waals surface area contributed by atoms with Crippen LogP contribution < -0.4 is 16.0 Å². The van der Waals surface area contributed by atoms with Crippen molar-refractivity contribution in [3.8, 4) is 0 Å². The highest BCUT2D eigenvalue weighted by molar-refractivity contribution is 5.70. The molecule has 4 N–H and O–H groups in total. The monoisotopic (exact) mass is 331 g/mol. The summed E-state index contributed by atoms with van der Waals surface area (Å²) in [7, 11) is 0. The van der Waals surface area contributed by atoms with E-state index in [-0.39, 0.29) is 5.97 Å². The number of aliphatic hydroxyl groups excluding tert-OH is 1. The van der Waals surface area contributed by atoms with E-state index in [9.17, 15) is 4.79 Å². The van der Waals surface area contributed by atoms with Crippen molar-refractivity contribution in [1.29, 1.82) is 0 Å². The van der Waals surface area contributed by atoms with E-state index in [1.807, 2.05) is 20.8 Å². The predicted octanol–water partition coefficient (Wildman–Crippen LogP) is 1.04. The van der Waals surface area contributed by atoms with Gasteiger partial charge in [-0.3, -0.25) is 4.79 Å². The van der Waals surface area contributed by atoms with E-state index >= 15 is 0 Å². The fourth-order valence-corrected chi connectivity index (χ4v) is 2.03. The molecule has 0 aliphatic rings. The molecule has 0 atom stereocenters. The van der Waals surface area contributed by atoms with Crippen LogP contribution in [0.3, 0.4) is 0 Å². The standard InChI is InChI=1S/C17H37N3O3/c1-17(2,3)23-16(22)8-10-19-12-14-20-13-11-18-9-6-4-5-7-15-21/h18-21H,4-15H2,1-3H3. The van der Waals surface area contributed by atoms with Gasteiger partial charge in [0.1, 0.15) is 5.60 Å². The third kappa shape index (κ3) is 19.3. The van der Waals surface area contributed by atoms with Gasteiger partial charge in [0.25, 0.3) is 0 Å². The van der Waals surface area contributed by atoms with Crippen LogP contribution in [-0.2, 0) is 9.53 Å². The van der Waals surface area contributed by atoms with Crippen molar-refractivity contribution in [2.45, 2.75) is 58.5 Å². The van der Waals surface area contributed by atoms with Crippen LogP contribution in [0.15, 0.2) is 0 Å². The molecule has 0 unspecified atom stereocenters. The average Bonchev–Trinajstić information content (AvgIpc) is 2.46. The predicted molar refractivity (Wildman–Crippen MR) is 94.6 cm³/mol. The first-order chi connectivity index (χ1) is 11.0. The van der Waals surface area contributed by atoms with E-state index in [0.29, 0.717) is 19.6 Å². The number of hydrogen-bond donors (Lipinski definition) is 4. The summed E-state index contributed by atoms with van der Waals surface area (Å²) in [5, 5.41) is 18.6. The van der Waals surface area contributed by atoms with E-state index in [0.717, 1.165) is 45.6 Å². The lowest BCUT2D eigenvalue weighted by atomic mass is 10.2. The Labute approximate surface area is 141 Å². The zero-order valence-corrected chi connectivity index (χ0v) is 15.2.